The van der Waals surface area contributed by atoms with E-state index in [2.05, 4.69) is 5.32 Å². The quantitative estimate of drug-likeness (QED) is 0.438. The molecule has 7 nitrogen and oxygen atoms in total. The van der Waals surface area contributed by atoms with Gasteiger partial charge in [0.25, 0.3) is 0 Å². The lowest BCUT2D eigenvalue weighted by Crippen LogP contribution is -2.15. The second-order valence-corrected chi connectivity index (χ2v) is 7.54. The number of carbonyl (C=O) groups is 3. The van der Waals surface area contributed by atoms with Gasteiger partial charge in [0, 0.05) is 6.42 Å². The van der Waals surface area contributed by atoms with Gasteiger partial charge in [0.2, 0.25) is 5.91 Å². The highest BCUT2D eigenvalue weighted by molar-refractivity contribution is 7.18. The Hall–Kier alpha value is -2.87. The third-order valence-electron chi connectivity index (χ3n) is 4.15. The Bertz CT molecular complexity index is 905. The number of esters is 2. The van der Waals surface area contributed by atoms with E-state index in [0.717, 1.165) is 22.6 Å². The lowest BCUT2D eigenvalue weighted by Gasteiger charge is -2.08. The molecule has 1 aromatic carbocycles. The number of anilines is 1. The summed E-state index contributed by atoms with van der Waals surface area (Å²) in [5.41, 5.74) is 1.73. The minimum atomic E-state index is -0.583. The maximum Gasteiger partial charge on any atom is 0.348 e. The molecule has 8 heteroatoms. The number of ether oxygens (including phenoxy) is 3. The largest absolute Gasteiger partial charge is 0.494 e. The molecule has 0 aliphatic carbocycles. The molecule has 0 aliphatic rings. The standard InChI is InChI=1S/C22H27NO6S/c1-5-27-21(25)18-15(4)19(22(26)28-6-2)30-20(18)23-17(24)11-8-12-29-16-10-7-9-14(3)13-16/h7,9-10,13H,5-6,8,11-12H2,1-4H3,(H,23,24). The van der Waals surface area contributed by atoms with Gasteiger partial charge < -0.3 is 19.5 Å². The summed E-state index contributed by atoms with van der Waals surface area (Å²) in [4.78, 5) is 37.2. The van der Waals surface area contributed by atoms with E-state index in [1.807, 2.05) is 31.2 Å². The molecule has 0 aliphatic heterocycles. The minimum absolute atomic E-state index is 0.187. The Morgan fingerprint density at radius 2 is 1.73 bits per heavy atom. The molecule has 0 unspecified atom stereocenters. The molecule has 0 radical (unpaired) electrons. The van der Waals surface area contributed by atoms with Gasteiger partial charge in [0.05, 0.1) is 25.4 Å². The first-order valence-corrected chi connectivity index (χ1v) is 10.7. The Morgan fingerprint density at radius 1 is 1.03 bits per heavy atom. The summed E-state index contributed by atoms with van der Waals surface area (Å²) in [5, 5.41) is 3.02. The Labute approximate surface area is 180 Å². The van der Waals surface area contributed by atoms with E-state index >= 15 is 0 Å². The zero-order valence-corrected chi connectivity index (χ0v) is 18.5. The molecule has 2 aromatic rings. The van der Waals surface area contributed by atoms with Gasteiger partial charge in [0.1, 0.15) is 15.6 Å². The SMILES string of the molecule is CCOC(=O)c1sc(NC(=O)CCCOc2cccc(C)c2)c(C(=O)OCC)c1C. The van der Waals surface area contributed by atoms with Crippen molar-refractivity contribution >= 4 is 34.2 Å². The van der Waals surface area contributed by atoms with Gasteiger partial charge in [-0.1, -0.05) is 12.1 Å². The van der Waals surface area contributed by atoms with Crippen molar-refractivity contribution in [2.75, 3.05) is 25.1 Å². The summed E-state index contributed by atoms with van der Waals surface area (Å²) in [5.74, 6) is -0.629. The summed E-state index contributed by atoms with van der Waals surface area (Å²) in [6.07, 6.45) is 0.712. The molecule has 0 spiro atoms. The van der Waals surface area contributed by atoms with Crippen molar-refractivity contribution < 1.29 is 28.6 Å². The highest BCUT2D eigenvalue weighted by Crippen LogP contribution is 2.34. The highest BCUT2D eigenvalue weighted by atomic mass is 32.1. The number of nitrogens with one attached hydrogen (secondary N) is 1. The fourth-order valence-electron chi connectivity index (χ4n) is 2.76. The number of amides is 1. The molecule has 162 valence electrons. The van der Waals surface area contributed by atoms with Crippen LogP contribution in [0.3, 0.4) is 0 Å². The number of benzene rings is 1. The van der Waals surface area contributed by atoms with E-state index in [1.165, 1.54) is 0 Å². The Balaban J connectivity index is 2.02. The van der Waals surface area contributed by atoms with Crippen molar-refractivity contribution in [2.45, 2.75) is 40.5 Å². The Morgan fingerprint density at radius 3 is 2.40 bits per heavy atom. The molecule has 2 rings (SSSR count). The van der Waals surface area contributed by atoms with Crippen molar-refractivity contribution in [3.63, 3.8) is 0 Å². The van der Waals surface area contributed by atoms with Crippen LogP contribution in [-0.2, 0) is 14.3 Å². The summed E-state index contributed by atoms with van der Waals surface area (Å²) >= 11 is 1.02. The molecule has 0 atom stereocenters. The number of hydrogen-bond acceptors (Lipinski definition) is 7. The summed E-state index contributed by atoms with van der Waals surface area (Å²) in [7, 11) is 0. The second-order valence-electron chi connectivity index (χ2n) is 6.52. The number of aryl methyl sites for hydroxylation is 1. The summed E-state index contributed by atoms with van der Waals surface area (Å²) in [6.45, 7) is 7.81. The van der Waals surface area contributed by atoms with Crippen molar-refractivity contribution in [3.05, 3.63) is 45.8 Å². The third kappa shape index (κ3) is 6.32. The molecule has 1 amide bonds. The maximum absolute atomic E-state index is 12.4. The number of thiophene rings is 1. The second kappa shape index (κ2) is 11.3. The van der Waals surface area contributed by atoms with Crippen molar-refractivity contribution in [1.82, 2.24) is 0 Å². The van der Waals surface area contributed by atoms with Crippen LogP contribution >= 0.6 is 11.3 Å². The molecular formula is C22H27NO6S. The highest BCUT2D eigenvalue weighted by Gasteiger charge is 2.27. The van der Waals surface area contributed by atoms with E-state index in [4.69, 9.17) is 14.2 Å². The molecule has 0 fully saturated rings. The van der Waals surface area contributed by atoms with E-state index in [1.54, 1.807) is 20.8 Å². The van der Waals surface area contributed by atoms with Crippen molar-refractivity contribution in [1.29, 1.82) is 0 Å². The zero-order valence-electron chi connectivity index (χ0n) is 17.7. The summed E-state index contributed by atoms with van der Waals surface area (Å²) < 4.78 is 15.8. The topological polar surface area (TPSA) is 90.9 Å². The summed E-state index contributed by atoms with van der Waals surface area (Å²) in [6, 6.07) is 7.69. The molecule has 0 saturated heterocycles. The van der Waals surface area contributed by atoms with E-state index < -0.39 is 11.9 Å². The molecule has 0 bridgehead atoms. The molecule has 30 heavy (non-hydrogen) atoms. The normalized spacial score (nSPS) is 10.4. The van der Waals surface area contributed by atoms with Crippen LogP contribution in [0.25, 0.3) is 0 Å². The van der Waals surface area contributed by atoms with Crippen LogP contribution in [0.5, 0.6) is 5.75 Å². The molecule has 0 saturated carbocycles. The number of carbonyl (C=O) groups excluding carboxylic acids is 3. The average Bonchev–Trinajstić information content (AvgIpc) is 3.01. The maximum atomic E-state index is 12.4. The monoisotopic (exact) mass is 433 g/mol. The lowest BCUT2D eigenvalue weighted by atomic mass is 10.1. The van der Waals surface area contributed by atoms with E-state index in [-0.39, 0.29) is 36.0 Å². The van der Waals surface area contributed by atoms with E-state index in [0.29, 0.717) is 23.6 Å². The molecular weight excluding hydrogens is 406 g/mol. The van der Waals surface area contributed by atoms with Crippen LogP contribution in [0.1, 0.15) is 57.8 Å². The zero-order chi connectivity index (χ0) is 22.1. The average molecular weight is 434 g/mol. The fraction of sp³-hybridized carbons (Fsp3) is 0.409. The molecule has 1 aromatic heterocycles. The van der Waals surface area contributed by atoms with Crippen LogP contribution < -0.4 is 10.1 Å². The van der Waals surface area contributed by atoms with Gasteiger partial charge in [-0.3, -0.25) is 4.79 Å². The van der Waals surface area contributed by atoms with Gasteiger partial charge in [-0.25, -0.2) is 9.59 Å². The van der Waals surface area contributed by atoms with Crippen LogP contribution in [-0.4, -0.2) is 37.7 Å². The molecule has 1 N–H and O–H groups in total. The van der Waals surface area contributed by atoms with Crippen molar-refractivity contribution in [3.8, 4) is 5.75 Å². The van der Waals surface area contributed by atoms with Gasteiger partial charge in [-0.15, -0.1) is 11.3 Å². The lowest BCUT2D eigenvalue weighted by molar-refractivity contribution is -0.116. The van der Waals surface area contributed by atoms with Gasteiger partial charge in [-0.05, 0) is 57.4 Å². The van der Waals surface area contributed by atoms with E-state index in [9.17, 15) is 14.4 Å². The van der Waals surface area contributed by atoms with Crippen LogP contribution in [0.2, 0.25) is 0 Å². The Kier molecular flexibility index (Phi) is 8.86. The smallest absolute Gasteiger partial charge is 0.348 e. The fourth-order valence-corrected chi connectivity index (χ4v) is 3.86. The minimum Gasteiger partial charge on any atom is -0.494 e. The molecule has 1 heterocycles. The van der Waals surface area contributed by atoms with Gasteiger partial charge in [-0.2, -0.15) is 0 Å². The third-order valence-corrected chi connectivity index (χ3v) is 5.33. The van der Waals surface area contributed by atoms with Gasteiger partial charge in [0.15, 0.2) is 0 Å². The van der Waals surface area contributed by atoms with Crippen LogP contribution in [0, 0.1) is 13.8 Å². The predicted molar refractivity (Wildman–Crippen MR) is 116 cm³/mol. The van der Waals surface area contributed by atoms with Crippen LogP contribution in [0.15, 0.2) is 24.3 Å². The first-order valence-electron chi connectivity index (χ1n) is 9.84. The number of rotatable bonds is 10. The predicted octanol–water partition coefficient (Wildman–Crippen LogP) is 4.52. The van der Waals surface area contributed by atoms with Gasteiger partial charge >= 0.3 is 11.9 Å². The van der Waals surface area contributed by atoms with Crippen molar-refractivity contribution in [2.24, 2.45) is 0 Å². The van der Waals surface area contributed by atoms with Crippen LogP contribution in [0.4, 0.5) is 5.00 Å². The number of hydrogen-bond donors (Lipinski definition) is 1. The first kappa shape index (κ1) is 23.4. The first-order chi connectivity index (χ1) is 14.4.